The maximum absolute atomic E-state index is 11.4. The van der Waals surface area contributed by atoms with Gasteiger partial charge in [-0.1, -0.05) is 23.8 Å². The zero-order chi connectivity index (χ0) is 9.84. The molecule has 0 heterocycles. The normalized spacial score (nSPS) is 9.69. The monoisotopic (exact) mass is 230 g/mol. The van der Waals surface area contributed by atoms with Crippen molar-refractivity contribution in [1.82, 2.24) is 0 Å². The molecule has 1 rings (SSSR count). The van der Waals surface area contributed by atoms with Crippen LogP contribution >= 0.6 is 36.4 Å². The number of carbonyl (C=O) groups excluding carboxylic acids is 1. The van der Waals surface area contributed by atoms with Gasteiger partial charge in [-0.3, -0.25) is 4.79 Å². The lowest BCUT2D eigenvalue weighted by atomic mass is 10.1. The number of carbonyl (C=O) groups is 1. The summed E-state index contributed by atoms with van der Waals surface area (Å²) in [5, 5.41) is 0.616. The molecule has 0 atom stereocenters. The largest absolute Gasteiger partial charge is 0.294 e. The molecule has 1 aromatic rings. The van der Waals surface area contributed by atoms with Gasteiger partial charge in [-0.05, 0) is 24.3 Å². The van der Waals surface area contributed by atoms with E-state index < -0.39 is 0 Å². The fourth-order valence-electron chi connectivity index (χ4n) is 0.875. The zero-order valence-corrected chi connectivity index (χ0v) is 9.13. The Balaban J connectivity index is 2.78. The summed E-state index contributed by atoms with van der Waals surface area (Å²) in [4.78, 5) is 11.4. The first kappa shape index (κ1) is 10.7. The van der Waals surface area contributed by atoms with Gasteiger partial charge in [0.2, 0.25) is 0 Å². The summed E-state index contributed by atoms with van der Waals surface area (Å²) < 4.78 is 0.403. The van der Waals surface area contributed by atoms with Crippen molar-refractivity contribution in [2.24, 2.45) is 0 Å². The van der Waals surface area contributed by atoms with Crippen molar-refractivity contribution in [2.75, 3.05) is 0 Å². The van der Waals surface area contributed by atoms with E-state index in [4.69, 9.17) is 23.8 Å². The lowest BCUT2D eigenvalue weighted by Gasteiger charge is -1.98. The number of hydrogen-bond acceptors (Lipinski definition) is 2. The summed E-state index contributed by atoms with van der Waals surface area (Å²) in [6.07, 6.45) is 0.195. The van der Waals surface area contributed by atoms with Crippen molar-refractivity contribution < 1.29 is 4.79 Å². The number of thiol groups is 1. The predicted molar refractivity (Wildman–Crippen MR) is 62.0 cm³/mol. The third-order valence-corrected chi connectivity index (χ3v) is 2.03. The van der Waals surface area contributed by atoms with Crippen LogP contribution in [0.4, 0.5) is 0 Å². The lowest BCUT2D eigenvalue weighted by Crippen LogP contribution is -2.01. The molecule has 0 amide bonds. The van der Waals surface area contributed by atoms with Gasteiger partial charge in [0.1, 0.15) is 0 Å². The van der Waals surface area contributed by atoms with E-state index in [1.165, 1.54) is 0 Å². The van der Waals surface area contributed by atoms with Crippen LogP contribution in [-0.2, 0) is 0 Å². The van der Waals surface area contributed by atoms with Crippen LogP contribution in [0.25, 0.3) is 0 Å². The highest BCUT2D eigenvalue weighted by atomic mass is 35.5. The van der Waals surface area contributed by atoms with Crippen molar-refractivity contribution in [2.45, 2.75) is 6.42 Å². The molecule has 0 saturated carbocycles. The second-order valence-corrected chi connectivity index (χ2v) is 4.27. The van der Waals surface area contributed by atoms with E-state index in [1.54, 1.807) is 24.3 Å². The number of ketones is 1. The maximum atomic E-state index is 11.4. The highest BCUT2D eigenvalue weighted by Crippen LogP contribution is 2.11. The molecule has 0 bridgehead atoms. The Bertz CT molecular complexity index is 332. The fraction of sp³-hybridized carbons (Fsp3) is 0.111. The molecular formula is C9H7ClOS2. The summed E-state index contributed by atoms with van der Waals surface area (Å²) in [6, 6.07) is 6.71. The topological polar surface area (TPSA) is 17.1 Å². The van der Waals surface area contributed by atoms with E-state index in [9.17, 15) is 4.79 Å². The fourth-order valence-corrected chi connectivity index (χ4v) is 1.28. The molecule has 13 heavy (non-hydrogen) atoms. The van der Waals surface area contributed by atoms with Gasteiger partial charge in [0.05, 0.1) is 10.6 Å². The third-order valence-electron chi connectivity index (χ3n) is 1.48. The first-order chi connectivity index (χ1) is 6.09. The van der Waals surface area contributed by atoms with Gasteiger partial charge in [-0.25, -0.2) is 0 Å². The molecule has 0 saturated heterocycles. The number of hydrogen-bond donors (Lipinski definition) is 1. The molecule has 0 unspecified atom stereocenters. The Morgan fingerprint density at radius 3 is 2.38 bits per heavy atom. The molecule has 1 nitrogen and oxygen atoms in total. The molecule has 1 aromatic carbocycles. The van der Waals surface area contributed by atoms with Crippen LogP contribution in [0.5, 0.6) is 0 Å². The van der Waals surface area contributed by atoms with Gasteiger partial charge in [0.15, 0.2) is 5.78 Å². The molecule has 0 aliphatic carbocycles. The Hall–Kier alpha value is -0.380. The van der Waals surface area contributed by atoms with Crippen molar-refractivity contribution in [3.05, 3.63) is 34.9 Å². The van der Waals surface area contributed by atoms with Crippen LogP contribution in [0.3, 0.4) is 0 Å². The van der Waals surface area contributed by atoms with Crippen LogP contribution < -0.4 is 0 Å². The Labute approximate surface area is 92.5 Å². The number of benzene rings is 1. The Morgan fingerprint density at radius 1 is 1.38 bits per heavy atom. The SMILES string of the molecule is O=C(CC(=S)S)c1ccc(Cl)cc1. The molecule has 68 valence electrons. The third kappa shape index (κ3) is 3.46. The first-order valence-electron chi connectivity index (χ1n) is 3.60. The van der Waals surface area contributed by atoms with E-state index in [1.807, 2.05) is 0 Å². The van der Waals surface area contributed by atoms with Crippen LogP contribution in [-0.4, -0.2) is 9.98 Å². The van der Waals surface area contributed by atoms with E-state index >= 15 is 0 Å². The minimum atomic E-state index is -0.0309. The molecule has 0 spiro atoms. The van der Waals surface area contributed by atoms with Gasteiger partial charge in [0.25, 0.3) is 0 Å². The van der Waals surface area contributed by atoms with E-state index in [0.717, 1.165) is 0 Å². The maximum Gasteiger partial charge on any atom is 0.168 e. The first-order valence-corrected chi connectivity index (χ1v) is 4.83. The number of rotatable bonds is 3. The zero-order valence-electron chi connectivity index (χ0n) is 6.66. The molecule has 0 aliphatic rings. The summed E-state index contributed by atoms with van der Waals surface area (Å²) in [7, 11) is 0. The smallest absolute Gasteiger partial charge is 0.168 e. The summed E-state index contributed by atoms with van der Waals surface area (Å²) in [5.41, 5.74) is 0.612. The average molecular weight is 231 g/mol. The molecule has 0 aromatic heterocycles. The van der Waals surface area contributed by atoms with Crippen molar-refractivity contribution >= 4 is 46.4 Å². The average Bonchev–Trinajstić information content (AvgIpc) is 2.04. The molecule has 4 heteroatoms. The van der Waals surface area contributed by atoms with Gasteiger partial charge in [0, 0.05) is 10.6 Å². The van der Waals surface area contributed by atoms with Crippen molar-refractivity contribution in [3.8, 4) is 0 Å². The van der Waals surface area contributed by atoms with Gasteiger partial charge < -0.3 is 0 Å². The predicted octanol–water partition coefficient (Wildman–Crippen LogP) is 3.17. The highest BCUT2D eigenvalue weighted by Gasteiger charge is 2.06. The van der Waals surface area contributed by atoms with Crippen LogP contribution in [0, 0.1) is 0 Å². The Morgan fingerprint density at radius 2 is 1.92 bits per heavy atom. The minimum Gasteiger partial charge on any atom is -0.294 e. The number of Topliss-reactive ketones (excluding diaryl/α,β-unsaturated/α-hetero) is 1. The lowest BCUT2D eigenvalue weighted by molar-refractivity contribution is 0.100. The minimum absolute atomic E-state index is 0.0309. The van der Waals surface area contributed by atoms with Gasteiger partial charge in [-0.2, -0.15) is 0 Å². The summed E-state index contributed by atoms with van der Waals surface area (Å²) in [6.45, 7) is 0. The molecule has 0 N–H and O–H groups in total. The van der Waals surface area contributed by atoms with Gasteiger partial charge in [-0.15, -0.1) is 12.6 Å². The second kappa shape index (κ2) is 4.74. The van der Waals surface area contributed by atoms with Crippen molar-refractivity contribution in [3.63, 3.8) is 0 Å². The molecule has 0 fully saturated rings. The van der Waals surface area contributed by atoms with E-state index in [0.29, 0.717) is 14.8 Å². The van der Waals surface area contributed by atoms with E-state index in [-0.39, 0.29) is 12.2 Å². The molecule has 0 aliphatic heterocycles. The second-order valence-electron chi connectivity index (χ2n) is 2.50. The van der Waals surface area contributed by atoms with Crippen LogP contribution in [0.1, 0.15) is 16.8 Å². The van der Waals surface area contributed by atoms with E-state index in [2.05, 4.69) is 12.6 Å². The van der Waals surface area contributed by atoms with Crippen LogP contribution in [0.15, 0.2) is 24.3 Å². The quantitative estimate of drug-likeness (QED) is 0.488. The highest BCUT2D eigenvalue weighted by molar-refractivity contribution is 8.11. The Kier molecular flexibility index (Phi) is 3.90. The molecular weight excluding hydrogens is 224 g/mol. The summed E-state index contributed by atoms with van der Waals surface area (Å²) >= 11 is 14.3. The van der Waals surface area contributed by atoms with Crippen LogP contribution in [0.2, 0.25) is 5.02 Å². The van der Waals surface area contributed by atoms with Gasteiger partial charge >= 0.3 is 0 Å². The number of thiocarbonyl (C=S) groups is 1. The molecule has 0 radical (unpaired) electrons. The van der Waals surface area contributed by atoms with Crippen molar-refractivity contribution in [1.29, 1.82) is 0 Å². The summed E-state index contributed by atoms with van der Waals surface area (Å²) in [5.74, 6) is -0.0309. The standard InChI is InChI=1S/C9H7ClOS2/c10-7-3-1-6(2-4-7)8(11)5-9(12)13/h1-4H,5H2,(H,12,13). The number of halogens is 1.